The standard InChI is InChI=1S/C14H23ClN2O4S.ClH/c1-10(8-16)17(3)22(18,19)14-7-12(15)5-6-13(14)21-11(2)9-20-4;/h5-7,10-11H,8-9,16H2,1-4H3;1H. The Kier molecular flexibility index (Phi) is 9.42. The van der Waals surface area contributed by atoms with Crippen LogP contribution in [0.3, 0.4) is 0 Å². The molecule has 1 aromatic carbocycles. The molecule has 0 aliphatic rings. The summed E-state index contributed by atoms with van der Waals surface area (Å²) in [5, 5.41) is 0.319. The Balaban J connectivity index is 0.00000484. The third kappa shape index (κ3) is 5.77. The molecule has 0 aliphatic heterocycles. The molecule has 2 N–H and O–H groups in total. The van der Waals surface area contributed by atoms with Crippen molar-refractivity contribution in [1.29, 1.82) is 0 Å². The number of nitrogens with two attached hydrogens (primary N) is 1. The summed E-state index contributed by atoms with van der Waals surface area (Å²) in [4.78, 5) is 0.0192. The monoisotopic (exact) mass is 386 g/mol. The number of benzene rings is 1. The highest BCUT2D eigenvalue weighted by atomic mass is 35.5. The Bertz CT molecular complexity index is 598. The van der Waals surface area contributed by atoms with Crippen molar-refractivity contribution in [2.45, 2.75) is 30.9 Å². The Morgan fingerprint density at radius 2 is 1.96 bits per heavy atom. The van der Waals surface area contributed by atoms with Crippen LogP contribution in [-0.2, 0) is 14.8 Å². The molecule has 2 unspecified atom stereocenters. The fourth-order valence-electron chi connectivity index (χ4n) is 1.81. The van der Waals surface area contributed by atoms with Gasteiger partial charge in [0.1, 0.15) is 16.7 Å². The van der Waals surface area contributed by atoms with E-state index in [1.807, 2.05) is 0 Å². The van der Waals surface area contributed by atoms with Crippen LogP contribution >= 0.6 is 24.0 Å². The summed E-state index contributed by atoms with van der Waals surface area (Å²) in [7, 11) is -0.727. The van der Waals surface area contributed by atoms with Gasteiger partial charge in [-0.25, -0.2) is 8.42 Å². The summed E-state index contributed by atoms with van der Waals surface area (Å²) in [5.74, 6) is 0.241. The van der Waals surface area contributed by atoms with Gasteiger partial charge in [0, 0.05) is 31.8 Å². The van der Waals surface area contributed by atoms with Crippen molar-refractivity contribution in [3.8, 4) is 5.75 Å². The zero-order valence-electron chi connectivity index (χ0n) is 13.7. The lowest BCUT2D eigenvalue weighted by Crippen LogP contribution is -2.39. The van der Waals surface area contributed by atoms with E-state index in [1.54, 1.807) is 33.1 Å². The minimum atomic E-state index is -3.76. The molecule has 2 atom stereocenters. The molecule has 134 valence electrons. The molecule has 0 fully saturated rings. The Labute approximate surface area is 149 Å². The average Bonchev–Trinajstić information content (AvgIpc) is 2.47. The lowest BCUT2D eigenvalue weighted by molar-refractivity contribution is 0.0900. The van der Waals surface area contributed by atoms with Crippen LogP contribution in [-0.4, -0.2) is 52.2 Å². The minimum Gasteiger partial charge on any atom is -0.487 e. The van der Waals surface area contributed by atoms with Gasteiger partial charge in [0.2, 0.25) is 10.0 Å². The highest BCUT2D eigenvalue weighted by Crippen LogP contribution is 2.30. The van der Waals surface area contributed by atoms with Gasteiger partial charge < -0.3 is 15.2 Å². The molecule has 0 aromatic heterocycles. The van der Waals surface area contributed by atoms with Crippen LogP contribution in [0.15, 0.2) is 23.1 Å². The molecular formula is C14H24Cl2N2O4S. The fourth-order valence-corrected chi connectivity index (χ4v) is 3.56. The number of hydrogen-bond donors (Lipinski definition) is 1. The second-order valence-electron chi connectivity index (χ2n) is 5.08. The second kappa shape index (κ2) is 9.66. The highest BCUT2D eigenvalue weighted by molar-refractivity contribution is 7.89. The van der Waals surface area contributed by atoms with Crippen LogP contribution in [0, 0.1) is 0 Å². The first-order valence-electron chi connectivity index (χ1n) is 6.87. The van der Waals surface area contributed by atoms with Crippen LogP contribution in [0.2, 0.25) is 5.02 Å². The smallest absolute Gasteiger partial charge is 0.246 e. The summed E-state index contributed by atoms with van der Waals surface area (Å²) in [5.41, 5.74) is 5.56. The SMILES string of the molecule is COCC(C)Oc1ccc(Cl)cc1S(=O)(=O)N(C)C(C)CN.Cl. The third-order valence-corrected chi connectivity index (χ3v) is 5.48. The molecule has 0 amide bonds. The maximum Gasteiger partial charge on any atom is 0.246 e. The van der Waals surface area contributed by atoms with Gasteiger partial charge in [0.05, 0.1) is 6.61 Å². The molecule has 0 bridgehead atoms. The maximum atomic E-state index is 12.7. The predicted molar refractivity (Wildman–Crippen MR) is 94.1 cm³/mol. The van der Waals surface area contributed by atoms with Crippen molar-refractivity contribution < 1.29 is 17.9 Å². The largest absolute Gasteiger partial charge is 0.487 e. The molecule has 6 nitrogen and oxygen atoms in total. The van der Waals surface area contributed by atoms with Crippen molar-refractivity contribution in [3.63, 3.8) is 0 Å². The van der Waals surface area contributed by atoms with Crippen molar-refractivity contribution >= 4 is 34.0 Å². The van der Waals surface area contributed by atoms with Crippen LogP contribution in [0.5, 0.6) is 5.75 Å². The molecule has 0 saturated heterocycles. The van der Waals surface area contributed by atoms with E-state index in [-0.39, 0.29) is 41.7 Å². The van der Waals surface area contributed by atoms with Gasteiger partial charge in [-0.15, -0.1) is 12.4 Å². The van der Waals surface area contributed by atoms with E-state index in [9.17, 15) is 8.42 Å². The van der Waals surface area contributed by atoms with Gasteiger partial charge in [-0.1, -0.05) is 11.6 Å². The Morgan fingerprint density at radius 1 is 1.35 bits per heavy atom. The van der Waals surface area contributed by atoms with E-state index in [1.165, 1.54) is 17.4 Å². The molecular weight excluding hydrogens is 363 g/mol. The van der Waals surface area contributed by atoms with Crippen molar-refractivity contribution in [1.82, 2.24) is 4.31 Å². The van der Waals surface area contributed by atoms with Gasteiger partial charge >= 0.3 is 0 Å². The Morgan fingerprint density at radius 3 is 2.48 bits per heavy atom. The summed E-state index contributed by atoms with van der Waals surface area (Å²) >= 11 is 5.95. The number of halogens is 2. The molecule has 23 heavy (non-hydrogen) atoms. The zero-order chi connectivity index (χ0) is 16.9. The van der Waals surface area contributed by atoms with Crippen LogP contribution < -0.4 is 10.5 Å². The number of sulfonamides is 1. The Hall–Kier alpha value is -0.570. The molecule has 0 radical (unpaired) electrons. The molecule has 0 saturated carbocycles. The van der Waals surface area contributed by atoms with Crippen LogP contribution in [0.25, 0.3) is 0 Å². The number of rotatable bonds is 8. The summed E-state index contributed by atoms with van der Waals surface area (Å²) in [6.07, 6.45) is -0.294. The van der Waals surface area contributed by atoms with Crippen LogP contribution in [0.4, 0.5) is 0 Å². The van der Waals surface area contributed by atoms with E-state index in [0.29, 0.717) is 11.6 Å². The third-order valence-electron chi connectivity index (χ3n) is 3.25. The van der Waals surface area contributed by atoms with Gasteiger partial charge in [-0.3, -0.25) is 0 Å². The number of ether oxygens (including phenoxy) is 2. The zero-order valence-corrected chi connectivity index (χ0v) is 16.0. The molecule has 0 aliphatic carbocycles. The normalized spacial score (nSPS) is 14.2. The highest BCUT2D eigenvalue weighted by Gasteiger charge is 2.28. The van der Waals surface area contributed by atoms with Gasteiger partial charge in [-0.05, 0) is 32.0 Å². The van der Waals surface area contributed by atoms with E-state index in [0.717, 1.165) is 0 Å². The topological polar surface area (TPSA) is 81.9 Å². The molecule has 1 rings (SSSR count). The molecule has 1 aromatic rings. The van der Waals surface area contributed by atoms with Crippen molar-refractivity contribution in [3.05, 3.63) is 23.2 Å². The number of likely N-dealkylation sites (N-methyl/N-ethyl adjacent to an activating group) is 1. The lowest BCUT2D eigenvalue weighted by atomic mass is 10.3. The van der Waals surface area contributed by atoms with E-state index in [2.05, 4.69) is 0 Å². The van der Waals surface area contributed by atoms with Gasteiger partial charge in [-0.2, -0.15) is 4.31 Å². The first kappa shape index (κ1) is 22.4. The van der Waals surface area contributed by atoms with E-state index >= 15 is 0 Å². The number of hydrogen-bond acceptors (Lipinski definition) is 5. The molecule has 0 heterocycles. The van der Waals surface area contributed by atoms with Crippen molar-refractivity contribution in [2.24, 2.45) is 5.73 Å². The molecule has 9 heteroatoms. The summed E-state index contributed by atoms with van der Waals surface area (Å²) in [6, 6.07) is 4.17. The minimum absolute atomic E-state index is 0. The van der Waals surface area contributed by atoms with Crippen LogP contribution in [0.1, 0.15) is 13.8 Å². The maximum absolute atomic E-state index is 12.7. The fraction of sp³-hybridized carbons (Fsp3) is 0.571. The summed E-state index contributed by atoms with van der Waals surface area (Å²) < 4.78 is 37.4. The number of methoxy groups -OCH3 is 1. The van der Waals surface area contributed by atoms with E-state index < -0.39 is 10.0 Å². The first-order valence-corrected chi connectivity index (χ1v) is 8.69. The lowest BCUT2D eigenvalue weighted by Gasteiger charge is -2.25. The average molecular weight is 387 g/mol. The van der Waals surface area contributed by atoms with Gasteiger partial charge in [0.25, 0.3) is 0 Å². The molecule has 0 spiro atoms. The second-order valence-corrected chi connectivity index (χ2v) is 7.48. The summed E-state index contributed by atoms with van der Waals surface area (Å²) in [6.45, 7) is 4.08. The van der Waals surface area contributed by atoms with E-state index in [4.69, 9.17) is 26.8 Å². The first-order chi connectivity index (χ1) is 10.2. The van der Waals surface area contributed by atoms with Gasteiger partial charge in [0.15, 0.2) is 0 Å². The predicted octanol–water partition coefficient (Wildman–Crippen LogP) is 2.14. The van der Waals surface area contributed by atoms with Crippen molar-refractivity contribution in [2.75, 3.05) is 27.3 Å². The quantitative estimate of drug-likeness (QED) is 0.739. The number of nitrogens with zero attached hydrogens (tertiary/aromatic N) is 1.